The van der Waals surface area contributed by atoms with E-state index in [1.807, 2.05) is 0 Å². The number of benzene rings is 5. The molecule has 5 aromatic carbocycles. The molecule has 11 rings (SSSR count). The summed E-state index contributed by atoms with van der Waals surface area (Å²) in [6.45, 7) is 26.8. The van der Waals surface area contributed by atoms with Gasteiger partial charge >= 0.3 is 0 Å². The van der Waals surface area contributed by atoms with Gasteiger partial charge in [0.05, 0.1) is 41.2 Å². The summed E-state index contributed by atoms with van der Waals surface area (Å²) >= 11 is 1.33. The maximum absolute atomic E-state index is 10.7. The van der Waals surface area contributed by atoms with E-state index in [0.29, 0.717) is 40.3 Å². The molecule has 4 aliphatic rings. The number of rotatable bonds is 4. The highest BCUT2D eigenvalue weighted by Crippen LogP contribution is 2.58. The van der Waals surface area contributed by atoms with E-state index < -0.39 is 107 Å². The van der Waals surface area contributed by atoms with E-state index in [1.54, 1.807) is 60.3 Å². The third-order valence-corrected chi connectivity index (χ3v) is 17.2. The van der Waals surface area contributed by atoms with Crippen molar-refractivity contribution in [1.29, 1.82) is 0 Å². The largest absolute Gasteiger partial charge is 0.472 e. The van der Waals surface area contributed by atoms with E-state index >= 15 is 0 Å². The molecule has 0 fully saturated rings. The molecule has 2 aliphatic carbocycles. The van der Waals surface area contributed by atoms with Crippen molar-refractivity contribution >= 4 is 78.2 Å². The Kier molecular flexibility index (Phi) is 6.57. The third kappa shape index (κ3) is 6.93. The molecule has 0 unspecified atom stereocenters. The minimum atomic E-state index is -3.23. The summed E-state index contributed by atoms with van der Waals surface area (Å²) < 4.78 is 174. The van der Waals surface area contributed by atoms with Gasteiger partial charge in [0, 0.05) is 42.3 Å². The van der Waals surface area contributed by atoms with Crippen molar-refractivity contribution in [2.24, 2.45) is 0 Å². The van der Waals surface area contributed by atoms with E-state index in [0.717, 1.165) is 34.1 Å². The lowest BCUT2D eigenvalue weighted by Gasteiger charge is -2.45. The average molecular weight is 948 g/mol. The van der Waals surface area contributed by atoms with Crippen LogP contribution < -0.4 is 26.4 Å². The molecule has 0 spiro atoms. The molecule has 0 saturated heterocycles. The first-order valence-electron chi connectivity index (χ1n) is 33.1. The summed E-state index contributed by atoms with van der Waals surface area (Å²) in [5.74, 6) is 0.564. The highest BCUT2D eigenvalue weighted by molar-refractivity contribution is 7.26. The predicted molar refractivity (Wildman–Crippen MR) is 299 cm³/mol. The van der Waals surface area contributed by atoms with Crippen LogP contribution in [0.1, 0.15) is 210 Å². The summed E-state index contributed by atoms with van der Waals surface area (Å²) in [6.07, 6.45) is 3.03. The Bertz CT molecular complexity index is 4130. The summed E-state index contributed by atoms with van der Waals surface area (Å²) in [4.78, 5) is 3.07. The normalized spacial score (nSPS) is 22.3. The average Bonchev–Trinajstić information content (AvgIpc) is 1.32. The Labute approximate surface area is 442 Å². The Morgan fingerprint density at radius 3 is 1.81 bits per heavy atom. The van der Waals surface area contributed by atoms with Crippen LogP contribution in [0.4, 0.5) is 33.4 Å². The highest BCUT2D eigenvalue weighted by atomic mass is 32.1. The van der Waals surface area contributed by atoms with Gasteiger partial charge in [-0.15, -0.1) is 11.3 Å². The number of nitrogens with zero attached hydrogens (tertiary/aromatic N) is 2. The SMILES string of the molecule is [2H]c1c([2H])c([2H])c(C(C)(C)c2c([2H])c(C(C)(C)C)c([2H])c([2H])c2N2c3c([2H])c(C([2H])([2H])[2H])c([2H])c4c3B(c3oc5c(c32)C(C)(C)CCC5(C)C)c2c(sc3cc5c(cc23)C(C)(C)CCC5(C)C)N4c2c([2H])c([2H])c(C(C)(C)C)c([2H])c2[2H])c([2H])c1[2H]. The molecule has 356 valence electrons. The molecule has 0 radical (unpaired) electrons. The highest BCUT2D eigenvalue weighted by Gasteiger charge is 2.54. The number of hydrogen-bond donors (Lipinski definition) is 0. The molecule has 2 aliphatic heterocycles. The number of anilines is 6. The maximum atomic E-state index is 10.7. The Morgan fingerprint density at radius 2 is 1.19 bits per heavy atom. The quantitative estimate of drug-likeness (QED) is 0.164. The minimum Gasteiger partial charge on any atom is -0.472 e. The van der Waals surface area contributed by atoms with E-state index in [4.69, 9.17) is 8.53 Å². The van der Waals surface area contributed by atoms with Crippen molar-refractivity contribution in [2.45, 2.75) is 181 Å². The first kappa shape index (κ1) is 30.7. The Balaban J connectivity index is 1.45. The molecular weight excluding hydrogens is 856 g/mol. The van der Waals surface area contributed by atoms with Crippen molar-refractivity contribution in [3.8, 4) is 0 Å². The monoisotopic (exact) mass is 948 g/mol. The van der Waals surface area contributed by atoms with Gasteiger partial charge in [0.25, 0.3) is 6.71 Å². The fourth-order valence-electron chi connectivity index (χ4n) is 11.5. The number of furan rings is 1. The van der Waals surface area contributed by atoms with Crippen LogP contribution in [0, 0.1) is 6.85 Å². The Morgan fingerprint density at radius 1 is 0.609 bits per heavy atom. The molecule has 2 aromatic heterocycles. The zero-order chi connectivity index (χ0) is 64.0. The molecule has 0 atom stereocenters. The van der Waals surface area contributed by atoms with E-state index in [-0.39, 0.29) is 91.1 Å². The van der Waals surface area contributed by atoms with Gasteiger partial charge in [-0.25, -0.2) is 0 Å². The van der Waals surface area contributed by atoms with Gasteiger partial charge < -0.3 is 14.2 Å². The zero-order valence-corrected chi connectivity index (χ0v) is 44.1. The smallest absolute Gasteiger partial charge is 0.298 e. The van der Waals surface area contributed by atoms with Crippen molar-refractivity contribution in [1.82, 2.24) is 0 Å². The maximum Gasteiger partial charge on any atom is 0.298 e. The molecule has 0 amide bonds. The van der Waals surface area contributed by atoms with E-state index in [1.165, 1.54) is 16.2 Å². The van der Waals surface area contributed by atoms with Gasteiger partial charge in [-0.3, -0.25) is 0 Å². The molecular formula is C64H75BN2OS. The molecule has 7 aromatic rings. The van der Waals surface area contributed by atoms with Crippen LogP contribution in [0.25, 0.3) is 10.1 Å². The number of fused-ring (bicyclic) bond motifs is 9. The molecule has 5 heteroatoms. The lowest BCUT2D eigenvalue weighted by Crippen LogP contribution is -2.61. The molecule has 0 saturated carbocycles. The summed E-state index contributed by atoms with van der Waals surface area (Å²) in [7, 11) is 0. The van der Waals surface area contributed by atoms with Crippen LogP contribution in [-0.4, -0.2) is 6.71 Å². The van der Waals surface area contributed by atoms with Gasteiger partial charge in [0.15, 0.2) is 0 Å². The van der Waals surface area contributed by atoms with Crippen LogP contribution in [0.5, 0.6) is 0 Å². The van der Waals surface area contributed by atoms with Crippen molar-refractivity contribution < 1.29 is 27.7 Å². The standard InChI is InChI=1S/C64H75BN2OS/c1-38-33-48-53-49(34-38)67(47-28-25-41(59(5,6)7)35-46(47)64(16,17)40-21-19-18-20-22-40)54-51-55(63(14,15)32-31-62(51,12)13)68-56(54)65(53)52-43-36-44-45(61(10,11)30-29-60(44,8)9)37-50(43)69-57(52)66(48)42-26-23-39(24-27-42)58(2,3)4/h18-28,33-37H,29-32H2,1-17H3/i1D3,18D,19D,20D,21D,22D,23D,24D,25D,26D,27D,28D,33D,34D,35D. The predicted octanol–water partition coefficient (Wildman–Crippen LogP) is 16.5. The second kappa shape index (κ2) is 14.8. The van der Waals surface area contributed by atoms with Crippen LogP contribution in [0.15, 0.2) is 101 Å². The molecule has 3 nitrogen and oxygen atoms in total. The molecule has 0 N–H and O–H groups in total. The van der Waals surface area contributed by atoms with Gasteiger partial charge in [0.1, 0.15) is 5.76 Å². The summed E-state index contributed by atoms with van der Waals surface area (Å²) in [6, 6.07) is -2.63. The molecule has 0 bridgehead atoms. The fraction of sp³-hybridized carbons (Fsp3) is 0.438. The van der Waals surface area contributed by atoms with Gasteiger partial charge in [-0.1, -0.05) is 165 Å². The summed E-state index contributed by atoms with van der Waals surface area (Å²) in [5.41, 5.74) is -3.09. The fourth-order valence-corrected chi connectivity index (χ4v) is 12.8. The van der Waals surface area contributed by atoms with Crippen molar-refractivity contribution in [3.63, 3.8) is 0 Å². The van der Waals surface area contributed by atoms with Crippen LogP contribution >= 0.6 is 11.3 Å². The van der Waals surface area contributed by atoms with Crippen LogP contribution in [-0.2, 0) is 37.9 Å². The summed E-state index contributed by atoms with van der Waals surface area (Å²) in [5, 5.41) is 1.15. The lowest BCUT2D eigenvalue weighted by molar-refractivity contribution is 0.282. The first-order chi connectivity index (χ1) is 39.2. The van der Waals surface area contributed by atoms with Crippen molar-refractivity contribution in [2.75, 3.05) is 9.80 Å². The van der Waals surface area contributed by atoms with Gasteiger partial charge in [-0.2, -0.15) is 0 Å². The first-order valence-corrected chi connectivity index (χ1v) is 25.4. The number of thiophene rings is 1. The number of hydrogen-bond acceptors (Lipinski definition) is 4. The van der Waals surface area contributed by atoms with E-state index in [2.05, 4.69) is 67.5 Å². The molecule has 4 heterocycles. The third-order valence-electron chi connectivity index (χ3n) is 16.1. The second-order valence-corrected chi connectivity index (χ2v) is 26.5. The Hall–Kier alpha value is -5.00. The topological polar surface area (TPSA) is 19.6 Å². The second-order valence-electron chi connectivity index (χ2n) is 25.4. The zero-order valence-electron chi connectivity index (χ0n) is 60.3. The minimum absolute atomic E-state index is 0.0594. The molecule has 69 heavy (non-hydrogen) atoms. The van der Waals surface area contributed by atoms with Crippen LogP contribution in [0.3, 0.4) is 0 Å². The van der Waals surface area contributed by atoms with Crippen LogP contribution in [0.2, 0.25) is 0 Å². The van der Waals surface area contributed by atoms with Crippen molar-refractivity contribution in [3.05, 3.63) is 147 Å². The lowest BCUT2D eigenvalue weighted by atomic mass is 9.35. The van der Waals surface area contributed by atoms with Gasteiger partial charge in [0.2, 0.25) is 0 Å². The van der Waals surface area contributed by atoms with E-state index in [9.17, 15) is 19.2 Å². The van der Waals surface area contributed by atoms with Gasteiger partial charge in [-0.05, 0) is 157 Å².